The van der Waals surface area contributed by atoms with Crippen molar-refractivity contribution in [2.45, 2.75) is 44.4 Å². The van der Waals surface area contributed by atoms with Gasteiger partial charge in [0.2, 0.25) is 0 Å². The lowest BCUT2D eigenvalue weighted by molar-refractivity contribution is -0.164. The monoisotopic (exact) mass is 197 g/mol. The zero-order valence-corrected chi connectivity index (χ0v) is 8.58. The minimum atomic E-state index is -0.0411. The third-order valence-corrected chi connectivity index (χ3v) is 2.29. The van der Waals surface area contributed by atoms with E-state index >= 15 is 0 Å². The van der Waals surface area contributed by atoms with Crippen LogP contribution in [0, 0.1) is 12.3 Å². The summed E-state index contributed by atoms with van der Waals surface area (Å²) in [5.74, 6) is 2.57. The maximum atomic E-state index is 5.80. The van der Waals surface area contributed by atoms with Crippen LogP contribution in [0.4, 0.5) is 0 Å². The second-order valence-corrected chi connectivity index (χ2v) is 3.63. The standard InChI is InChI=1S/C11H19NO2/c1-2-3-6-10(12)9-14-11-7-4-5-8-13-11/h1,10-11H,3-9,12H2/t10-,11?/m0/s1. The highest BCUT2D eigenvalue weighted by molar-refractivity contribution is 4.84. The van der Waals surface area contributed by atoms with Crippen LogP contribution in [0.3, 0.4) is 0 Å². The predicted octanol–water partition coefficient (Wildman–Crippen LogP) is 1.27. The van der Waals surface area contributed by atoms with Gasteiger partial charge in [-0.2, -0.15) is 0 Å². The fraction of sp³-hybridized carbons (Fsp3) is 0.818. The van der Waals surface area contributed by atoms with Gasteiger partial charge in [-0.15, -0.1) is 12.3 Å². The molecule has 0 spiro atoms. The molecular weight excluding hydrogens is 178 g/mol. The normalized spacial score (nSPS) is 24.1. The van der Waals surface area contributed by atoms with Gasteiger partial charge in [-0.1, -0.05) is 0 Å². The summed E-state index contributed by atoms with van der Waals surface area (Å²) >= 11 is 0. The first-order valence-corrected chi connectivity index (χ1v) is 5.25. The zero-order valence-electron chi connectivity index (χ0n) is 8.58. The van der Waals surface area contributed by atoms with Gasteiger partial charge in [0.15, 0.2) is 6.29 Å². The van der Waals surface area contributed by atoms with Crippen LogP contribution >= 0.6 is 0 Å². The van der Waals surface area contributed by atoms with Gasteiger partial charge in [0.05, 0.1) is 6.61 Å². The number of hydrogen-bond acceptors (Lipinski definition) is 3. The van der Waals surface area contributed by atoms with E-state index in [0.29, 0.717) is 6.61 Å². The molecule has 0 amide bonds. The molecule has 1 unspecified atom stereocenters. The van der Waals surface area contributed by atoms with E-state index in [4.69, 9.17) is 21.6 Å². The Kier molecular flexibility index (Phi) is 5.62. The minimum absolute atomic E-state index is 0.0385. The molecule has 0 bridgehead atoms. The molecule has 80 valence electrons. The van der Waals surface area contributed by atoms with Crippen molar-refractivity contribution >= 4 is 0 Å². The lowest BCUT2D eigenvalue weighted by atomic mass is 10.2. The van der Waals surface area contributed by atoms with E-state index in [9.17, 15) is 0 Å². The van der Waals surface area contributed by atoms with Crippen molar-refractivity contribution in [2.75, 3.05) is 13.2 Å². The molecule has 1 heterocycles. The summed E-state index contributed by atoms with van der Waals surface area (Å²) in [5.41, 5.74) is 5.80. The minimum Gasteiger partial charge on any atom is -0.353 e. The van der Waals surface area contributed by atoms with Crippen LogP contribution in [-0.4, -0.2) is 25.5 Å². The molecule has 0 aromatic rings. The molecule has 3 heteroatoms. The predicted molar refractivity (Wildman–Crippen MR) is 55.6 cm³/mol. The molecule has 3 nitrogen and oxygen atoms in total. The molecule has 1 aliphatic rings. The van der Waals surface area contributed by atoms with Crippen LogP contribution in [0.25, 0.3) is 0 Å². The molecule has 1 rings (SSSR count). The van der Waals surface area contributed by atoms with Gasteiger partial charge in [0.25, 0.3) is 0 Å². The van der Waals surface area contributed by atoms with E-state index < -0.39 is 0 Å². The lowest BCUT2D eigenvalue weighted by Gasteiger charge is -2.24. The van der Waals surface area contributed by atoms with Crippen molar-refractivity contribution in [1.29, 1.82) is 0 Å². The number of nitrogens with two attached hydrogens (primary N) is 1. The summed E-state index contributed by atoms with van der Waals surface area (Å²) in [4.78, 5) is 0. The summed E-state index contributed by atoms with van der Waals surface area (Å²) in [6.45, 7) is 1.36. The summed E-state index contributed by atoms with van der Waals surface area (Å²) in [7, 11) is 0. The SMILES string of the molecule is C#CCC[C@H](N)COC1CCCCO1. The van der Waals surface area contributed by atoms with Gasteiger partial charge in [-0.05, 0) is 25.7 Å². The van der Waals surface area contributed by atoms with Crippen molar-refractivity contribution in [1.82, 2.24) is 0 Å². The Morgan fingerprint density at radius 3 is 3.07 bits per heavy atom. The van der Waals surface area contributed by atoms with E-state index in [1.807, 2.05) is 0 Å². The fourth-order valence-corrected chi connectivity index (χ4v) is 1.43. The largest absolute Gasteiger partial charge is 0.353 e. The van der Waals surface area contributed by atoms with E-state index in [2.05, 4.69) is 5.92 Å². The molecular formula is C11H19NO2. The average Bonchev–Trinajstić information content (AvgIpc) is 2.25. The Morgan fingerprint density at radius 1 is 1.57 bits per heavy atom. The molecule has 1 fully saturated rings. The summed E-state index contributed by atoms with van der Waals surface area (Å²) in [6.07, 6.45) is 9.96. The number of hydrogen-bond donors (Lipinski definition) is 1. The average molecular weight is 197 g/mol. The van der Waals surface area contributed by atoms with Crippen LogP contribution in [0.5, 0.6) is 0 Å². The third kappa shape index (κ3) is 4.61. The highest BCUT2D eigenvalue weighted by Crippen LogP contribution is 2.13. The second-order valence-electron chi connectivity index (χ2n) is 3.63. The Labute approximate surface area is 85.9 Å². The van der Waals surface area contributed by atoms with E-state index in [1.165, 1.54) is 6.42 Å². The van der Waals surface area contributed by atoms with Crippen molar-refractivity contribution in [3.8, 4) is 12.3 Å². The summed E-state index contributed by atoms with van der Waals surface area (Å²) < 4.78 is 10.9. The molecule has 14 heavy (non-hydrogen) atoms. The molecule has 0 aliphatic carbocycles. The van der Waals surface area contributed by atoms with Crippen molar-refractivity contribution < 1.29 is 9.47 Å². The molecule has 0 aromatic carbocycles. The fourth-order valence-electron chi connectivity index (χ4n) is 1.43. The van der Waals surface area contributed by atoms with Crippen LogP contribution in [-0.2, 0) is 9.47 Å². The van der Waals surface area contributed by atoms with Gasteiger partial charge in [-0.3, -0.25) is 0 Å². The third-order valence-electron chi connectivity index (χ3n) is 2.29. The maximum Gasteiger partial charge on any atom is 0.157 e. The number of ether oxygens (including phenoxy) is 2. The first kappa shape index (κ1) is 11.5. The quantitative estimate of drug-likeness (QED) is 0.675. The van der Waals surface area contributed by atoms with E-state index in [0.717, 1.165) is 32.3 Å². The van der Waals surface area contributed by atoms with Crippen LogP contribution in [0.15, 0.2) is 0 Å². The molecule has 1 aliphatic heterocycles. The van der Waals surface area contributed by atoms with Crippen molar-refractivity contribution in [2.24, 2.45) is 5.73 Å². The van der Waals surface area contributed by atoms with E-state index in [-0.39, 0.29) is 12.3 Å². The van der Waals surface area contributed by atoms with Crippen molar-refractivity contribution in [3.05, 3.63) is 0 Å². The van der Waals surface area contributed by atoms with Gasteiger partial charge in [-0.25, -0.2) is 0 Å². The Bertz CT molecular complexity index is 182. The Balaban J connectivity index is 2.03. The molecule has 2 atom stereocenters. The van der Waals surface area contributed by atoms with Crippen LogP contribution in [0.2, 0.25) is 0 Å². The number of terminal acetylenes is 1. The first-order valence-electron chi connectivity index (χ1n) is 5.25. The highest BCUT2D eigenvalue weighted by atomic mass is 16.7. The summed E-state index contributed by atoms with van der Waals surface area (Å²) in [5, 5.41) is 0. The van der Waals surface area contributed by atoms with E-state index in [1.54, 1.807) is 0 Å². The topological polar surface area (TPSA) is 44.5 Å². The summed E-state index contributed by atoms with van der Waals surface area (Å²) in [6, 6.07) is 0.0385. The van der Waals surface area contributed by atoms with Gasteiger partial charge in [0.1, 0.15) is 0 Å². The number of rotatable bonds is 5. The molecule has 2 N–H and O–H groups in total. The maximum absolute atomic E-state index is 5.80. The Morgan fingerprint density at radius 2 is 2.43 bits per heavy atom. The van der Waals surface area contributed by atoms with Crippen LogP contribution < -0.4 is 5.73 Å². The van der Waals surface area contributed by atoms with Crippen molar-refractivity contribution in [3.63, 3.8) is 0 Å². The molecule has 1 saturated heterocycles. The van der Waals surface area contributed by atoms with Gasteiger partial charge < -0.3 is 15.2 Å². The lowest BCUT2D eigenvalue weighted by Crippen LogP contribution is -2.31. The molecule has 0 saturated carbocycles. The Hall–Kier alpha value is -0.560. The zero-order chi connectivity index (χ0) is 10.2. The van der Waals surface area contributed by atoms with Crippen LogP contribution in [0.1, 0.15) is 32.1 Å². The molecule has 0 aromatic heterocycles. The first-order chi connectivity index (χ1) is 6.83. The second kappa shape index (κ2) is 6.83. The molecule has 0 radical (unpaired) electrons. The van der Waals surface area contributed by atoms with Gasteiger partial charge >= 0.3 is 0 Å². The van der Waals surface area contributed by atoms with Gasteiger partial charge in [0, 0.05) is 19.1 Å². The highest BCUT2D eigenvalue weighted by Gasteiger charge is 2.14. The smallest absolute Gasteiger partial charge is 0.157 e.